The molecule has 1 aromatic heterocycles. The minimum atomic E-state index is -0.0730. The highest BCUT2D eigenvalue weighted by atomic mass is 16.5. The molecule has 170 valence electrons. The van der Waals surface area contributed by atoms with Crippen molar-refractivity contribution in [1.29, 1.82) is 5.26 Å². The van der Waals surface area contributed by atoms with Crippen LogP contribution in [0.2, 0.25) is 0 Å². The highest BCUT2D eigenvalue weighted by Crippen LogP contribution is 2.38. The molecule has 7 nitrogen and oxygen atoms in total. The number of amides is 1. The number of benzene rings is 2. The van der Waals surface area contributed by atoms with E-state index in [0.717, 1.165) is 27.8 Å². The topological polar surface area (TPSA) is 87.5 Å². The van der Waals surface area contributed by atoms with Crippen molar-refractivity contribution in [2.24, 2.45) is 5.92 Å². The van der Waals surface area contributed by atoms with E-state index in [9.17, 15) is 10.1 Å². The number of hydrogen-bond acceptors (Lipinski definition) is 6. The summed E-state index contributed by atoms with van der Waals surface area (Å²) in [5.74, 6) is 1.15. The number of pyridine rings is 1. The van der Waals surface area contributed by atoms with Gasteiger partial charge in [-0.25, -0.2) is 0 Å². The zero-order valence-electron chi connectivity index (χ0n) is 19.4. The average Bonchev–Trinajstić information content (AvgIpc) is 2.84. The summed E-state index contributed by atoms with van der Waals surface area (Å²) in [6.07, 6.45) is 3.01. The third-order valence-corrected chi connectivity index (χ3v) is 6.42. The summed E-state index contributed by atoms with van der Waals surface area (Å²) in [6.45, 7) is 5.45. The lowest BCUT2D eigenvalue weighted by atomic mass is 9.94. The number of nitrogens with zero attached hydrogens (tertiary/aromatic N) is 3. The molecule has 1 saturated heterocycles. The van der Waals surface area contributed by atoms with Gasteiger partial charge in [0.15, 0.2) is 11.5 Å². The van der Waals surface area contributed by atoms with Crippen molar-refractivity contribution in [1.82, 2.24) is 4.98 Å². The summed E-state index contributed by atoms with van der Waals surface area (Å²) >= 11 is 0. The third kappa shape index (κ3) is 4.42. The number of methoxy groups -OCH3 is 2. The van der Waals surface area contributed by atoms with Crippen molar-refractivity contribution in [2.75, 3.05) is 37.5 Å². The number of fused-ring (bicyclic) bond motifs is 1. The summed E-state index contributed by atoms with van der Waals surface area (Å²) < 4.78 is 10.9. The smallest absolute Gasteiger partial charge is 0.227 e. The molecule has 2 heterocycles. The first-order valence-electron chi connectivity index (χ1n) is 11.0. The van der Waals surface area contributed by atoms with E-state index >= 15 is 0 Å². The molecule has 1 aliphatic heterocycles. The number of rotatable bonds is 5. The molecule has 3 aromatic rings. The molecular weight excluding hydrogens is 416 g/mol. The number of nitrogens with one attached hydrogen (secondary N) is 1. The lowest BCUT2D eigenvalue weighted by molar-refractivity contribution is -0.120. The van der Waals surface area contributed by atoms with Crippen LogP contribution in [0.3, 0.4) is 0 Å². The molecular formula is C26H28N4O3. The molecule has 1 N–H and O–H groups in total. The van der Waals surface area contributed by atoms with Crippen molar-refractivity contribution in [3.8, 4) is 17.6 Å². The highest BCUT2D eigenvalue weighted by molar-refractivity contribution is 5.97. The number of ether oxygens (including phenoxy) is 2. The van der Waals surface area contributed by atoms with Gasteiger partial charge in [-0.1, -0.05) is 6.07 Å². The van der Waals surface area contributed by atoms with Crippen molar-refractivity contribution >= 4 is 28.2 Å². The van der Waals surface area contributed by atoms with Crippen molar-refractivity contribution in [3.63, 3.8) is 0 Å². The predicted molar refractivity (Wildman–Crippen MR) is 129 cm³/mol. The van der Waals surface area contributed by atoms with Gasteiger partial charge in [-0.3, -0.25) is 9.78 Å². The van der Waals surface area contributed by atoms with Gasteiger partial charge in [0.1, 0.15) is 6.07 Å². The second-order valence-corrected chi connectivity index (χ2v) is 8.41. The van der Waals surface area contributed by atoms with Gasteiger partial charge in [-0.2, -0.15) is 5.26 Å². The maximum atomic E-state index is 12.9. The molecule has 1 aliphatic rings. The predicted octanol–water partition coefficient (Wildman–Crippen LogP) is 4.60. The van der Waals surface area contributed by atoms with E-state index in [1.807, 2.05) is 37.3 Å². The molecule has 0 atom stereocenters. The van der Waals surface area contributed by atoms with Crippen LogP contribution in [0, 0.1) is 31.1 Å². The van der Waals surface area contributed by atoms with Crippen LogP contribution < -0.4 is 19.7 Å². The Balaban J connectivity index is 1.55. The number of nitriles is 1. The van der Waals surface area contributed by atoms with E-state index < -0.39 is 0 Å². The minimum Gasteiger partial charge on any atom is -0.493 e. The van der Waals surface area contributed by atoms with Crippen LogP contribution >= 0.6 is 0 Å². The monoisotopic (exact) mass is 444 g/mol. The van der Waals surface area contributed by atoms with Crippen molar-refractivity contribution in [3.05, 3.63) is 53.2 Å². The SMILES string of the molecule is COc1cc2ncc(C#N)c(N3CCC(C(=O)Nc4ccc(C)c(C)c4)CC3)c2cc1OC. The molecule has 1 fully saturated rings. The first kappa shape index (κ1) is 22.4. The summed E-state index contributed by atoms with van der Waals surface area (Å²) in [5, 5.41) is 13.6. The standard InChI is InChI=1S/C26H28N4O3/c1-16-5-6-20(11-17(16)2)29-26(31)18-7-9-30(10-8-18)25-19(14-27)15-28-22-13-24(33-4)23(32-3)12-21(22)25/h5-6,11-13,15,18H,7-10H2,1-4H3,(H,29,31). The van der Waals surface area contributed by atoms with Gasteiger partial charge >= 0.3 is 0 Å². The summed E-state index contributed by atoms with van der Waals surface area (Å²) in [7, 11) is 3.17. The fraction of sp³-hybridized carbons (Fsp3) is 0.346. The number of piperidine rings is 1. The Morgan fingerprint density at radius 2 is 1.79 bits per heavy atom. The van der Waals surface area contributed by atoms with Crippen LogP contribution in [0.5, 0.6) is 11.5 Å². The number of aromatic nitrogens is 1. The summed E-state index contributed by atoms with van der Waals surface area (Å²) in [4.78, 5) is 19.5. The summed E-state index contributed by atoms with van der Waals surface area (Å²) in [5.41, 5.74) is 5.26. The average molecular weight is 445 g/mol. The van der Waals surface area contributed by atoms with Gasteiger partial charge in [0.25, 0.3) is 0 Å². The molecule has 33 heavy (non-hydrogen) atoms. The first-order chi connectivity index (χ1) is 15.9. The molecule has 2 aromatic carbocycles. The Morgan fingerprint density at radius 1 is 1.09 bits per heavy atom. The number of hydrogen-bond donors (Lipinski definition) is 1. The normalized spacial score (nSPS) is 14.1. The van der Waals surface area contributed by atoms with E-state index in [2.05, 4.69) is 28.2 Å². The largest absolute Gasteiger partial charge is 0.493 e. The van der Waals surface area contributed by atoms with Gasteiger partial charge in [-0.05, 0) is 56.0 Å². The molecule has 7 heteroatoms. The Labute approximate surface area is 193 Å². The quantitative estimate of drug-likeness (QED) is 0.619. The highest BCUT2D eigenvalue weighted by Gasteiger charge is 2.28. The van der Waals surface area contributed by atoms with Crippen LogP contribution in [0.1, 0.15) is 29.5 Å². The van der Waals surface area contributed by atoms with Crippen LogP contribution in [-0.4, -0.2) is 38.2 Å². The molecule has 1 amide bonds. The first-order valence-corrected chi connectivity index (χ1v) is 11.0. The van der Waals surface area contributed by atoms with Crippen LogP contribution in [0.4, 0.5) is 11.4 Å². The van der Waals surface area contributed by atoms with Crippen LogP contribution in [0.25, 0.3) is 10.9 Å². The Morgan fingerprint density at radius 3 is 2.42 bits per heavy atom. The van der Waals surface area contributed by atoms with Crippen LogP contribution in [0.15, 0.2) is 36.5 Å². The lowest BCUT2D eigenvalue weighted by Gasteiger charge is -2.34. The summed E-state index contributed by atoms with van der Waals surface area (Å²) in [6, 6.07) is 11.9. The van der Waals surface area contributed by atoms with E-state index in [1.54, 1.807) is 20.4 Å². The number of carbonyl (C=O) groups excluding carboxylic acids is 1. The Kier molecular flexibility index (Phi) is 6.36. The number of anilines is 2. The van der Waals surface area contributed by atoms with Gasteiger partial charge in [0, 0.05) is 42.3 Å². The fourth-order valence-electron chi connectivity index (χ4n) is 4.36. The zero-order chi connectivity index (χ0) is 23.5. The molecule has 4 rings (SSSR count). The van der Waals surface area contributed by atoms with Gasteiger partial charge in [0.2, 0.25) is 5.91 Å². The van der Waals surface area contributed by atoms with Crippen molar-refractivity contribution < 1.29 is 14.3 Å². The Hall–Kier alpha value is -3.79. The third-order valence-electron chi connectivity index (χ3n) is 6.42. The molecule has 0 unspecified atom stereocenters. The second-order valence-electron chi connectivity index (χ2n) is 8.41. The lowest BCUT2D eigenvalue weighted by Crippen LogP contribution is -2.38. The van der Waals surface area contributed by atoms with E-state index in [-0.39, 0.29) is 11.8 Å². The van der Waals surface area contributed by atoms with E-state index in [1.165, 1.54) is 5.56 Å². The van der Waals surface area contributed by atoms with E-state index in [0.29, 0.717) is 43.0 Å². The van der Waals surface area contributed by atoms with Gasteiger partial charge in [-0.15, -0.1) is 0 Å². The molecule has 0 radical (unpaired) electrons. The maximum absolute atomic E-state index is 12.9. The zero-order valence-corrected chi connectivity index (χ0v) is 19.4. The molecule has 0 aliphatic carbocycles. The molecule has 0 spiro atoms. The molecule has 0 bridgehead atoms. The van der Waals surface area contributed by atoms with Crippen LogP contribution in [-0.2, 0) is 4.79 Å². The molecule has 0 saturated carbocycles. The number of aryl methyl sites for hydroxylation is 2. The van der Waals surface area contributed by atoms with Crippen molar-refractivity contribution in [2.45, 2.75) is 26.7 Å². The second kappa shape index (κ2) is 9.37. The fourth-order valence-corrected chi connectivity index (χ4v) is 4.36. The maximum Gasteiger partial charge on any atom is 0.227 e. The van der Waals surface area contributed by atoms with E-state index in [4.69, 9.17) is 9.47 Å². The Bertz CT molecular complexity index is 1240. The van der Waals surface area contributed by atoms with Gasteiger partial charge < -0.3 is 19.7 Å². The van der Waals surface area contributed by atoms with Gasteiger partial charge in [0.05, 0.1) is 31.0 Å². The number of carbonyl (C=O) groups is 1. The minimum absolute atomic E-state index is 0.0457.